The smallest absolute Gasteiger partial charge is 0.140 e. The zero-order chi connectivity index (χ0) is 10.7. The van der Waals surface area contributed by atoms with Crippen molar-refractivity contribution < 1.29 is 4.74 Å². The zero-order valence-corrected chi connectivity index (χ0v) is 9.67. The summed E-state index contributed by atoms with van der Waals surface area (Å²) in [6, 6.07) is 8.05. The molecule has 0 saturated heterocycles. The third kappa shape index (κ3) is 2.80. The van der Waals surface area contributed by atoms with Gasteiger partial charge in [0.15, 0.2) is 0 Å². The first-order valence-corrected chi connectivity index (χ1v) is 5.72. The lowest BCUT2D eigenvalue weighted by atomic mass is 10.2. The summed E-state index contributed by atoms with van der Waals surface area (Å²) < 4.78 is 5.63. The SMILES string of the molecule is Cc1cccc(OCc2nc(C)cs2)c1. The topological polar surface area (TPSA) is 22.1 Å². The van der Waals surface area contributed by atoms with Gasteiger partial charge in [0.05, 0.1) is 0 Å². The van der Waals surface area contributed by atoms with Crippen LogP contribution in [0.2, 0.25) is 0 Å². The summed E-state index contributed by atoms with van der Waals surface area (Å²) in [5.74, 6) is 0.905. The van der Waals surface area contributed by atoms with Crippen LogP contribution >= 0.6 is 11.3 Å². The summed E-state index contributed by atoms with van der Waals surface area (Å²) in [4.78, 5) is 4.34. The van der Waals surface area contributed by atoms with Crippen LogP contribution in [0, 0.1) is 13.8 Å². The van der Waals surface area contributed by atoms with Crippen molar-refractivity contribution >= 4 is 11.3 Å². The lowest BCUT2D eigenvalue weighted by Gasteiger charge is -2.04. The Kier molecular flexibility index (Phi) is 3.02. The van der Waals surface area contributed by atoms with Crippen molar-refractivity contribution in [1.29, 1.82) is 0 Å². The third-order valence-corrected chi connectivity index (χ3v) is 2.96. The van der Waals surface area contributed by atoms with E-state index >= 15 is 0 Å². The first kappa shape index (κ1) is 10.2. The molecule has 0 bridgehead atoms. The third-order valence-electron chi connectivity index (χ3n) is 2.02. The summed E-state index contributed by atoms with van der Waals surface area (Å²) in [7, 11) is 0. The van der Waals surface area contributed by atoms with E-state index in [0.717, 1.165) is 16.5 Å². The first-order valence-electron chi connectivity index (χ1n) is 4.84. The Bertz CT molecular complexity index is 450. The maximum atomic E-state index is 5.63. The summed E-state index contributed by atoms with van der Waals surface area (Å²) in [5.41, 5.74) is 2.27. The molecule has 0 spiro atoms. The molecule has 78 valence electrons. The fraction of sp³-hybridized carbons (Fsp3) is 0.250. The Morgan fingerprint density at radius 1 is 1.33 bits per heavy atom. The van der Waals surface area contributed by atoms with Crippen molar-refractivity contribution in [3.63, 3.8) is 0 Å². The van der Waals surface area contributed by atoms with Crippen molar-refractivity contribution in [2.75, 3.05) is 0 Å². The molecule has 0 aliphatic heterocycles. The Labute approximate surface area is 93.6 Å². The molecule has 2 nitrogen and oxygen atoms in total. The second-order valence-electron chi connectivity index (χ2n) is 3.49. The predicted molar refractivity (Wildman–Crippen MR) is 62.4 cm³/mol. The molecule has 0 amide bonds. The van der Waals surface area contributed by atoms with Gasteiger partial charge < -0.3 is 4.74 Å². The molecule has 15 heavy (non-hydrogen) atoms. The van der Waals surface area contributed by atoms with Gasteiger partial charge in [0.25, 0.3) is 0 Å². The number of hydrogen-bond donors (Lipinski definition) is 0. The minimum absolute atomic E-state index is 0.558. The highest BCUT2D eigenvalue weighted by atomic mass is 32.1. The second kappa shape index (κ2) is 4.45. The minimum Gasteiger partial charge on any atom is -0.486 e. The minimum atomic E-state index is 0.558. The largest absolute Gasteiger partial charge is 0.486 e. The van der Waals surface area contributed by atoms with Crippen LogP contribution in [0.15, 0.2) is 29.6 Å². The molecule has 0 fully saturated rings. The van der Waals surface area contributed by atoms with E-state index in [-0.39, 0.29) is 0 Å². The van der Waals surface area contributed by atoms with Crippen LogP contribution in [0.5, 0.6) is 5.75 Å². The molecule has 3 heteroatoms. The van der Waals surface area contributed by atoms with Crippen LogP contribution in [0.25, 0.3) is 0 Å². The summed E-state index contributed by atoms with van der Waals surface area (Å²) in [5, 5.41) is 3.06. The predicted octanol–water partition coefficient (Wildman–Crippen LogP) is 3.34. The van der Waals surface area contributed by atoms with Crippen LogP contribution in [0.1, 0.15) is 16.3 Å². The molecule has 0 aliphatic carbocycles. The van der Waals surface area contributed by atoms with Crippen LogP contribution in [0.3, 0.4) is 0 Å². The monoisotopic (exact) mass is 219 g/mol. The molecule has 0 N–H and O–H groups in total. The number of aromatic nitrogens is 1. The van der Waals surface area contributed by atoms with E-state index in [9.17, 15) is 0 Å². The Balaban J connectivity index is 1.99. The number of ether oxygens (including phenoxy) is 1. The molecular weight excluding hydrogens is 206 g/mol. The second-order valence-corrected chi connectivity index (χ2v) is 4.43. The highest BCUT2D eigenvalue weighted by Crippen LogP contribution is 2.16. The number of aryl methyl sites for hydroxylation is 2. The molecule has 1 aromatic heterocycles. The van der Waals surface area contributed by atoms with E-state index in [1.165, 1.54) is 5.56 Å². The van der Waals surface area contributed by atoms with Crippen LogP contribution in [0.4, 0.5) is 0 Å². The fourth-order valence-corrected chi connectivity index (χ4v) is 2.00. The molecular formula is C12H13NOS. The summed E-state index contributed by atoms with van der Waals surface area (Å²) in [6.45, 7) is 4.61. The van der Waals surface area contributed by atoms with Crippen molar-refractivity contribution in [2.24, 2.45) is 0 Å². The van der Waals surface area contributed by atoms with E-state index in [4.69, 9.17) is 4.74 Å². The van der Waals surface area contributed by atoms with Gasteiger partial charge in [-0.1, -0.05) is 12.1 Å². The van der Waals surface area contributed by atoms with E-state index in [0.29, 0.717) is 6.61 Å². The number of nitrogens with zero attached hydrogens (tertiary/aromatic N) is 1. The lowest BCUT2D eigenvalue weighted by Crippen LogP contribution is -1.94. The highest BCUT2D eigenvalue weighted by molar-refractivity contribution is 7.09. The average molecular weight is 219 g/mol. The number of rotatable bonds is 3. The molecule has 2 rings (SSSR count). The average Bonchev–Trinajstić information content (AvgIpc) is 2.62. The van der Waals surface area contributed by atoms with Gasteiger partial charge in [0.2, 0.25) is 0 Å². The van der Waals surface area contributed by atoms with Crippen LogP contribution < -0.4 is 4.74 Å². The van der Waals surface area contributed by atoms with Crippen LogP contribution in [-0.2, 0) is 6.61 Å². The van der Waals surface area contributed by atoms with Gasteiger partial charge >= 0.3 is 0 Å². The van der Waals surface area contributed by atoms with E-state index in [1.54, 1.807) is 11.3 Å². The Hall–Kier alpha value is -1.35. The van der Waals surface area contributed by atoms with Crippen LogP contribution in [-0.4, -0.2) is 4.98 Å². The van der Waals surface area contributed by atoms with Crippen molar-refractivity contribution in [3.8, 4) is 5.75 Å². The molecule has 1 aromatic carbocycles. The van der Waals surface area contributed by atoms with Crippen molar-refractivity contribution in [2.45, 2.75) is 20.5 Å². The van der Waals surface area contributed by atoms with Gasteiger partial charge in [0, 0.05) is 11.1 Å². The molecule has 1 heterocycles. The molecule has 0 atom stereocenters. The number of hydrogen-bond acceptors (Lipinski definition) is 3. The standard InChI is InChI=1S/C12H13NOS/c1-9-4-3-5-11(6-9)14-7-12-13-10(2)8-15-12/h3-6,8H,7H2,1-2H3. The molecule has 0 aliphatic rings. The van der Waals surface area contributed by atoms with Gasteiger partial charge in [-0.2, -0.15) is 0 Å². The zero-order valence-electron chi connectivity index (χ0n) is 8.86. The van der Waals surface area contributed by atoms with Gasteiger partial charge in [-0.05, 0) is 31.5 Å². The fourth-order valence-electron chi connectivity index (χ4n) is 1.32. The molecule has 2 aromatic rings. The van der Waals surface area contributed by atoms with Crippen molar-refractivity contribution in [1.82, 2.24) is 4.98 Å². The maximum Gasteiger partial charge on any atom is 0.140 e. The highest BCUT2D eigenvalue weighted by Gasteiger charge is 1.99. The number of benzene rings is 1. The van der Waals surface area contributed by atoms with Crippen molar-refractivity contribution in [3.05, 3.63) is 45.9 Å². The maximum absolute atomic E-state index is 5.63. The van der Waals surface area contributed by atoms with E-state index in [2.05, 4.69) is 18.0 Å². The summed E-state index contributed by atoms with van der Waals surface area (Å²) in [6.07, 6.45) is 0. The molecule has 0 saturated carbocycles. The van der Waals surface area contributed by atoms with Gasteiger partial charge in [-0.3, -0.25) is 0 Å². The van der Waals surface area contributed by atoms with Gasteiger partial charge in [-0.25, -0.2) is 4.98 Å². The quantitative estimate of drug-likeness (QED) is 0.790. The van der Waals surface area contributed by atoms with Gasteiger partial charge in [0.1, 0.15) is 17.4 Å². The molecule has 0 unspecified atom stereocenters. The molecule has 0 radical (unpaired) electrons. The first-order chi connectivity index (χ1) is 7.24. The normalized spacial score (nSPS) is 10.3. The lowest BCUT2D eigenvalue weighted by molar-refractivity contribution is 0.305. The Morgan fingerprint density at radius 2 is 2.20 bits per heavy atom. The number of thiazole rings is 1. The van der Waals surface area contributed by atoms with Gasteiger partial charge in [-0.15, -0.1) is 11.3 Å². The van der Waals surface area contributed by atoms with E-state index in [1.807, 2.05) is 30.5 Å². The van der Waals surface area contributed by atoms with E-state index < -0.39 is 0 Å². The summed E-state index contributed by atoms with van der Waals surface area (Å²) >= 11 is 1.64. The Morgan fingerprint density at radius 3 is 2.87 bits per heavy atom.